The smallest absolute Gasteiger partial charge is 0.228 e. The summed E-state index contributed by atoms with van der Waals surface area (Å²) in [5.74, 6) is 2.33. The molecule has 4 atom stereocenters. The second-order valence-electron chi connectivity index (χ2n) is 12.2. The average molecular weight is 449 g/mol. The normalized spacial score (nSPS) is 36.6. The van der Waals surface area contributed by atoms with Crippen LogP contribution in [0.2, 0.25) is 0 Å². The molecule has 4 aliphatic carbocycles. The molecular weight excluding hydrogens is 408 g/mol. The van der Waals surface area contributed by atoms with E-state index >= 15 is 0 Å². The van der Waals surface area contributed by atoms with Gasteiger partial charge in [-0.25, -0.2) is 0 Å². The van der Waals surface area contributed by atoms with Crippen LogP contribution in [0.25, 0.3) is 0 Å². The lowest BCUT2D eigenvalue weighted by Crippen LogP contribution is -2.60. The van der Waals surface area contributed by atoms with Gasteiger partial charge in [0.25, 0.3) is 0 Å². The summed E-state index contributed by atoms with van der Waals surface area (Å²) >= 11 is 0. The fourth-order valence-electron chi connectivity index (χ4n) is 8.86. The Hall–Kier alpha value is -1.84. The van der Waals surface area contributed by atoms with Crippen LogP contribution in [0, 0.1) is 23.2 Å². The molecule has 178 valence electrons. The molecule has 33 heavy (non-hydrogen) atoms. The van der Waals surface area contributed by atoms with E-state index in [0.717, 1.165) is 71.1 Å². The first-order chi connectivity index (χ1) is 16.1. The number of carbonyl (C=O) groups excluding carboxylic acids is 2. The van der Waals surface area contributed by atoms with Crippen molar-refractivity contribution < 1.29 is 9.59 Å². The molecule has 7 rings (SSSR count). The van der Waals surface area contributed by atoms with Crippen molar-refractivity contribution in [2.45, 2.75) is 82.5 Å². The molecule has 0 aromatic heterocycles. The molecule has 2 heterocycles. The quantitative estimate of drug-likeness (QED) is 0.640. The van der Waals surface area contributed by atoms with Gasteiger partial charge in [0.1, 0.15) is 0 Å². The first-order valence-corrected chi connectivity index (χ1v) is 13.7. The van der Waals surface area contributed by atoms with E-state index in [4.69, 9.17) is 0 Å². The predicted molar refractivity (Wildman–Crippen MR) is 130 cm³/mol. The van der Waals surface area contributed by atoms with Gasteiger partial charge >= 0.3 is 0 Å². The lowest BCUT2D eigenvalue weighted by Gasteiger charge is -2.62. The van der Waals surface area contributed by atoms with E-state index in [1.165, 1.54) is 37.7 Å². The number of nitrogens with zero attached hydrogens (tertiary/aromatic N) is 2. The molecule has 2 unspecified atom stereocenters. The van der Waals surface area contributed by atoms with Crippen LogP contribution in [-0.4, -0.2) is 47.8 Å². The SMILES string of the molecule is O=C(C1CCN(C(=O)C23C[C@H]4C[C@@H](C2)CC(c2ccccc2)(C4)C3)CC1)N1CCCCCC1. The lowest BCUT2D eigenvalue weighted by molar-refractivity contribution is -0.162. The molecule has 2 aliphatic heterocycles. The van der Waals surface area contributed by atoms with Crippen molar-refractivity contribution in [3.05, 3.63) is 35.9 Å². The summed E-state index contributed by atoms with van der Waals surface area (Å²) in [7, 11) is 0. The molecule has 6 aliphatic rings. The van der Waals surface area contributed by atoms with E-state index in [2.05, 4.69) is 40.1 Å². The van der Waals surface area contributed by atoms with E-state index in [1.54, 1.807) is 0 Å². The summed E-state index contributed by atoms with van der Waals surface area (Å²) in [5, 5.41) is 0. The van der Waals surface area contributed by atoms with Crippen LogP contribution in [0.4, 0.5) is 0 Å². The summed E-state index contributed by atoms with van der Waals surface area (Å²) in [6, 6.07) is 11.1. The number of rotatable bonds is 3. The molecule has 0 N–H and O–H groups in total. The number of hydrogen-bond donors (Lipinski definition) is 0. The zero-order chi connectivity index (χ0) is 22.5. The van der Waals surface area contributed by atoms with Crippen molar-refractivity contribution >= 4 is 11.8 Å². The Morgan fingerprint density at radius 2 is 1.39 bits per heavy atom. The molecule has 1 aromatic rings. The Balaban J connectivity index is 1.15. The monoisotopic (exact) mass is 448 g/mol. The number of hydrogen-bond acceptors (Lipinski definition) is 2. The maximum Gasteiger partial charge on any atom is 0.228 e. The third-order valence-corrected chi connectivity index (χ3v) is 9.95. The maximum atomic E-state index is 14.1. The van der Waals surface area contributed by atoms with Crippen molar-refractivity contribution in [1.82, 2.24) is 9.80 Å². The topological polar surface area (TPSA) is 40.6 Å². The Morgan fingerprint density at radius 1 is 0.758 bits per heavy atom. The zero-order valence-corrected chi connectivity index (χ0v) is 20.1. The summed E-state index contributed by atoms with van der Waals surface area (Å²) in [6.07, 6.45) is 13.6. The van der Waals surface area contributed by atoms with Crippen molar-refractivity contribution in [3.8, 4) is 0 Å². The van der Waals surface area contributed by atoms with Crippen molar-refractivity contribution in [1.29, 1.82) is 0 Å². The number of piperidine rings is 1. The van der Waals surface area contributed by atoms with Gasteiger partial charge in [-0.2, -0.15) is 0 Å². The molecule has 0 radical (unpaired) electrons. The molecule has 4 heteroatoms. The van der Waals surface area contributed by atoms with Gasteiger partial charge in [-0.1, -0.05) is 43.2 Å². The van der Waals surface area contributed by atoms with E-state index in [-0.39, 0.29) is 16.7 Å². The lowest BCUT2D eigenvalue weighted by atomic mass is 9.42. The summed E-state index contributed by atoms with van der Waals surface area (Å²) < 4.78 is 0. The summed E-state index contributed by atoms with van der Waals surface area (Å²) in [6.45, 7) is 3.42. The highest BCUT2D eigenvalue weighted by Gasteiger charge is 2.61. The van der Waals surface area contributed by atoms with Crippen molar-refractivity contribution in [2.75, 3.05) is 26.2 Å². The highest BCUT2D eigenvalue weighted by atomic mass is 16.2. The van der Waals surface area contributed by atoms with Gasteiger partial charge in [-0.3, -0.25) is 9.59 Å². The van der Waals surface area contributed by atoms with Crippen molar-refractivity contribution in [3.63, 3.8) is 0 Å². The molecular formula is C29H40N2O2. The van der Waals surface area contributed by atoms with Gasteiger partial charge in [0, 0.05) is 32.1 Å². The number of likely N-dealkylation sites (tertiary alicyclic amines) is 2. The summed E-state index contributed by atoms with van der Waals surface area (Å²) in [5.41, 5.74) is 1.53. The standard InChI is InChI=1S/C29H40N2O2/c32-26(30-12-6-1-2-7-13-30)24-10-14-31(15-11-24)27(33)29-19-22-16-23(20-29)18-28(17-22,21-29)25-8-4-3-5-9-25/h3-5,8-9,22-24H,1-2,6-7,10-21H2/t22-,23+,28?,29?. The van der Waals surface area contributed by atoms with Gasteiger partial charge in [0.15, 0.2) is 0 Å². The molecule has 6 fully saturated rings. The second kappa shape index (κ2) is 8.43. The highest BCUT2D eigenvalue weighted by molar-refractivity contribution is 5.84. The second-order valence-corrected chi connectivity index (χ2v) is 12.2. The molecule has 2 saturated heterocycles. The minimum absolute atomic E-state index is 0.124. The zero-order valence-electron chi connectivity index (χ0n) is 20.1. The Morgan fingerprint density at radius 3 is 2.03 bits per heavy atom. The minimum Gasteiger partial charge on any atom is -0.342 e. The fraction of sp³-hybridized carbons (Fsp3) is 0.724. The average Bonchev–Trinajstić information content (AvgIpc) is 3.13. The van der Waals surface area contributed by atoms with Gasteiger partial charge in [-0.05, 0) is 87.0 Å². The van der Waals surface area contributed by atoms with E-state index in [1.807, 2.05) is 0 Å². The van der Waals surface area contributed by atoms with Crippen LogP contribution in [0.15, 0.2) is 30.3 Å². The molecule has 4 nitrogen and oxygen atoms in total. The Kier molecular flexibility index (Phi) is 5.54. The third kappa shape index (κ3) is 3.82. The minimum atomic E-state index is -0.151. The Bertz CT molecular complexity index is 866. The number of benzene rings is 1. The van der Waals surface area contributed by atoms with E-state index < -0.39 is 0 Å². The molecule has 1 aromatic carbocycles. The first-order valence-electron chi connectivity index (χ1n) is 13.7. The van der Waals surface area contributed by atoms with Gasteiger partial charge in [-0.15, -0.1) is 0 Å². The third-order valence-electron chi connectivity index (χ3n) is 9.95. The van der Waals surface area contributed by atoms with Crippen LogP contribution in [0.3, 0.4) is 0 Å². The van der Waals surface area contributed by atoms with E-state index in [9.17, 15) is 9.59 Å². The number of carbonyl (C=O) groups is 2. The van der Waals surface area contributed by atoms with Crippen LogP contribution in [0.1, 0.15) is 82.6 Å². The predicted octanol–water partition coefficient (Wildman–Crippen LogP) is 5.17. The van der Waals surface area contributed by atoms with Crippen LogP contribution >= 0.6 is 0 Å². The molecule has 0 spiro atoms. The van der Waals surface area contributed by atoms with Gasteiger partial charge in [0.2, 0.25) is 11.8 Å². The van der Waals surface area contributed by atoms with Crippen molar-refractivity contribution in [2.24, 2.45) is 23.2 Å². The first kappa shape index (κ1) is 21.7. The van der Waals surface area contributed by atoms with E-state index in [0.29, 0.717) is 23.7 Å². The molecule has 2 amide bonds. The summed E-state index contributed by atoms with van der Waals surface area (Å²) in [4.78, 5) is 31.5. The largest absolute Gasteiger partial charge is 0.342 e. The highest BCUT2D eigenvalue weighted by Crippen LogP contribution is 2.66. The maximum absolute atomic E-state index is 14.1. The van der Waals surface area contributed by atoms with Gasteiger partial charge in [0.05, 0.1) is 5.41 Å². The number of amides is 2. The van der Waals surface area contributed by atoms with Crippen LogP contribution in [0.5, 0.6) is 0 Å². The van der Waals surface area contributed by atoms with Crippen LogP contribution in [-0.2, 0) is 15.0 Å². The molecule has 4 saturated carbocycles. The van der Waals surface area contributed by atoms with Crippen LogP contribution < -0.4 is 0 Å². The Labute approximate surface area is 199 Å². The fourth-order valence-corrected chi connectivity index (χ4v) is 8.86. The molecule has 4 bridgehead atoms. The van der Waals surface area contributed by atoms with Gasteiger partial charge < -0.3 is 9.80 Å².